The second kappa shape index (κ2) is 8.06. The van der Waals surface area contributed by atoms with E-state index in [0.717, 1.165) is 24.9 Å². The highest BCUT2D eigenvalue weighted by Gasteiger charge is 2.18. The van der Waals surface area contributed by atoms with Gasteiger partial charge in [-0.25, -0.2) is 13.1 Å². The van der Waals surface area contributed by atoms with E-state index in [0.29, 0.717) is 22.7 Å². The molecule has 0 spiro atoms. The zero-order chi connectivity index (χ0) is 15.4. The predicted molar refractivity (Wildman–Crippen MR) is 94.4 cm³/mol. The fourth-order valence-corrected chi connectivity index (χ4v) is 4.25. The summed E-state index contributed by atoms with van der Waals surface area (Å²) in [6.07, 6.45) is 6.53. The first-order chi connectivity index (χ1) is 10.7. The maximum absolute atomic E-state index is 12.5. The number of benzene rings is 1. The summed E-state index contributed by atoms with van der Waals surface area (Å²) in [7, 11) is -3.49. The lowest BCUT2D eigenvalue weighted by Gasteiger charge is -2.22. The minimum absolute atomic E-state index is 0. The lowest BCUT2D eigenvalue weighted by molar-refractivity contribution is 0.358. The van der Waals surface area contributed by atoms with Gasteiger partial charge in [0.15, 0.2) is 0 Å². The zero-order valence-corrected chi connectivity index (χ0v) is 14.5. The number of aromatic nitrogens is 1. The average Bonchev–Trinajstić information content (AvgIpc) is 2.55. The van der Waals surface area contributed by atoms with Crippen LogP contribution in [0.3, 0.4) is 0 Å². The Kier molecular flexibility index (Phi) is 6.35. The summed E-state index contributed by atoms with van der Waals surface area (Å²) in [5.74, 6) is 0.563. The molecule has 1 aliphatic rings. The first-order valence-electron chi connectivity index (χ1n) is 7.70. The molecule has 1 saturated heterocycles. The summed E-state index contributed by atoms with van der Waals surface area (Å²) >= 11 is 0. The Labute approximate surface area is 143 Å². The van der Waals surface area contributed by atoms with E-state index in [1.54, 1.807) is 30.6 Å². The van der Waals surface area contributed by atoms with Crippen molar-refractivity contribution < 1.29 is 8.42 Å². The highest BCUT2D eigenvalue weighted by atomic mass is 35.5. The van der Waals surface area contributed by atoms with Gasteiger partial charge < -0.3 is 5.32 Å². The Balaban J connectivity index is 0.00000192. The average molecular weight is 356 g/mol. The van der Waals surface area contributed by atoms with Gasteiger partial charge in [-0.2, -0.15) is 0 Å². The van der Waals surface area contributed by atoms with E-state index in [1.165, 1.54) is 12.8 Å². The van der Waals surface area contributed by atoms with Crippen molar-refractivity contribution >= 4 is 33.2 Å². The minimum Gasteiger partial charge on any atom is -0.316 e. The molecule has 0 radical (unpaired) electrons. The van der Waals surface area contributed by atoms with Crippen LogP contribution in [-0.4, -0.2) is 33.0 Å². The molecule has 2 N–H and O–H groups in total. The first-order valence-corrected chi connectivity index (χ1v) is 9.18. The zero-order valence-electron chi connectivity index (χ0n) is 12.9. The van der Waals surface area contributed by atoms with Crippen LogP contribution in [0.15, 0.2) is 41.6 Å². The largest absolute Gasteiger partial charge is 0.316 e. The summed E-state index contributed by atoms with van der Waals surface area (Å²) < 4.78 is 27.8. The lowest BCUT2D eigenvalue weighted by atomic mass is 9.96. The van der Waals surface area contributed by atoms with Crippen molar-refractivity contribution in [2.75, 3.05) is 19.6 Å². The standard InChI is InChI=1S/C16H21N3O2S.ClH/c20-22(21,19-10-6-13-3-2-8-17-11-13)16-5-1-4-14-12-18-9-7-15(14)16;/h1,4-5,7,9,12-13,17,19H,2-3,6,8,10-11H2;1H. The van der Waals surface area contributed by atoms with Crippen molar-refractivity contribution in [2.45, 2.75) is 24.2 Å². The molecular formula is C16H22ClN3O2S. The van der Waals surface area contributed by atoms with E-state index in [2.05, 4.69) is 15.0 Å². The van der Waals surface area contributed by atoms with Crippen molar-refractivity contribution in [2.24, 2.45) is 5.92 Å². The van der Waals surface area contributed by atoms with Crippen LogP contribution in [0, 0.1) is 5.92 Å². The van der Waals surface area contributed by atoms with Crippen LogP contribution in [0.25, 0.3) is 10.8 Å². The van der Waals surface area contributed by atoms with Crippen molar-refractivity contribution in [1.29, 1.82) is 0 Å². The van der Waals surface area contributed by atoms with Gasteiger partial charge in [-0.05, 0) is 50.4 Å². The van der Waals surface area contributed by atoms with Crippen LogP contribution in [0.2, 0.25) is 0 Å². The smallest absolute Gasteiger partial charge is 0.241 e. The number of hydrogen-bond acceptors (Lipinski definition) is 4. The van der Waals surface area contributed by atoms with Gasteiger partial charge in [0.25, 0.3) is 0 Å². The van der Waals surface area contributed by atoms with Crippen molar-refractivity contribution in [3.8, 4) is 0 Å². The number of fused-ring (bicyclic) bond motifs is 1. The van der Waals surface area contributed by atoms with Crippen molar-refractivity contribution in [1.82, 2.24) is 15.0 Å². The fraction of sp³-hybridized carbons (Fsp3) is 0.438. The van der Waals surface area contributed by atoms with Crippen LogP contribution in [-0.2, 0) is 10.0 Å². The Bertz CT molecular complexity index is 741. The fourth-order valence-electron chi connectivity index (χ4n) is 2.97. The van der Waals surface area contributed by atoms with Gasteiger partial charge >= 0.3 is 0 Å². The highest BCUT2D eigenvalue weighted by Crippen LogP contribution is 2.22. The molecule has 0 bridgehead atoms. The van der Waals surface area contributed by atoms with Crippen LogP contribution < -0.4 is 10.0 Å². The second-order valence-corrected chi connectivity index (χ2v) is 7.49. The summed E-state index contributed by atoms with van der Waals surface area (Å²) in [6.45, 7) is 2.55. The summed E-state index contributed by atoms with van der Waals surface area (Å²) in [5, 5.41) is 4.90. The molecule has 1 atom stereocenters. The van der Waals surface area contributed by atoms with Gasteiger partial charge in [0, 0.05) is 29.7 Å². The Morgan fingerprint density at radius 3 is 2.96 bits per heavy atom. The number of halogens is 1. The summed E-state index contributed by atoms with van der Waals surface area (Å²) in [6, 6.07) is 7.01. The van der Waals surface area contributed by atoms with Gasteiger partial charge in [0.05, 0.1) is 4.90 Å². The van der Waals surface area contributed by atoms with Crippen LogP contribution in [0.5, 0.6) is 0 Å². The molecular weight excluding hydrogens is 334 g/mol. The van der Waals surface area contributed by atoms with Crippen molar-refractivity contribution in [3.63, 3.8) is 0 Å². The van der Waals surface area contributed by atoms with E-state index in [1.807, 2.05) is 6.07 Å². The maximum atomic E-state index is 12.5. The molecule has 126 valence electrons. The van der Waals surface area contributed by atoms with Crippen LogP contribution >= 0.6 is 12.4 Å². The summed E-state index contributed by atoms with van der Waals surface area (Å²) in [4.78, 5) is 4.37. The quantitative estimate of drug-likeness (QED) is 0.863. The van der Waals surface area contributed by atoms with Gasteiger partial charge in [0.1, 0.15) is 0 Å². The molecule has 0 aliphatic carbocycles. The maximum Gasteiger partial charge on any atom is 0.241 e. The molecule has 7 heteroatoms. The SMILES string of the molecule is Cl.O=S(=O)(NCCC1CCCNC1)c1cccc2cnccc12. The molecule has 23 heavy (non-hydrogen) atoms. The molecule has 0 amide bonds. The molecule has 2 heterocycles. The third kappa shape index (κ3) is 4.41. The summed E-state index contributed by atoms with van der Waals surface area (Å²) in [5.41, 5.74) is 0. The molecule has 0 saturated carbocycles. The van der Waals surface area contributed by atoms with Gasteiger partial charge in [-0.1, -0.05) is 12.1 Å². The second-order valence-electron chi connectivity index (χ2n) is 5.75. The Morgan fingerprint density at radius 2 is 2.17 bits per heavy atom. The van der Waals surface area contributed by atoms with Crippen LogP contribution in [0.4, 0.5) is 0 Å². The topological polar surface area (TPSA) is 71.1 Å². The number of piperidine rings is 1. The predicted octanol–water partition coefficient (Wildman–Crippen LogP) is 2.32. The third-order valence-corrected chi connectivity index (χ3v) is 5.69. The van der Waals surface area contributed by atoms with Gasteiger partial charge in [-0.3, -0.25) is 4.98 Å². The van der Waals surface area contributed by atoms with Crippen LogP contribution in [0.1, 0.15) is 19.3 Å². The number of sulfonamides is 1. The number of hydrogen-bond donors (Lipinski definition) is 2. The molecule has 1 aromatic carbocycles. The van der Waals surface area contributed by atoms with Crippen molar-refractivity contribution in [3.05, 3.63) is 36.7 Å². The third-order valence-electron chi connectivity index (χ3n) is 4.17. The molecule has 3 rings (SSSR count). The van der Waals surface area contributed by atoms with Gasteiger partial charge in [-0.15, -0.1) is 12.4 Å². The van der Waals surface area contributed by atoms with E-state index < -0.39 is 10.0 Å². The minimum atomic E-state index is -3.49. The Hall–Kier alpha value is -1.21. The number of nitrogens with zero attached hydrogens (tertiary/aromatic N) is 1. The molecule has 5 nitrogen and oxygen atoms in total. The number of nitrogens with one attached hydrogen (secondary N) is 2. The molecule has 2 aromatic rings. The van der Waals surface area contributed by atoms with E-state index in [4.69, 9.17) is 0 Å². The molecule has 1 fully saturated rings. The number of pyridine rings is 1. The molecule has 1 aliphatic heterocycles. The monoisotopic (exact) mass is 355 g/mol. The van der Waals surface area contributed by atoms with E-state index in [9.17, 15) is 8.42 Å². The first kappa shape index (κ1) is 18.1. The number of rotatable bonds is 5. The lowest BCUT2D eigenvalue weighted by Crippen LogP contribution is -2.33. The molecule has 1 aromatic heterocycles. The highest BCUT2D eigenvalue weighted by molar-refractivity contribution is 7.89. The van der Waals surface area contributed by atoms with E-state index >= 15 is 0 Å². The normalized spacial score (nSPS) is 18.5. The molecule has 1 unspecified atom stereocenters. The van der Waals surface area contributed by atoms with E-state index in [-0.39, 0.29) is 12.4 Å². The Morgan fingerprint density at radius 1 is 1.30 bits per heavy atom. The van der Waals surface area contributed by atoms with Gasteiger partial charge in [0.2, 0.25) is 10.0 Å².